The number of hydrogen-bond donors (Lipinski definition) is 1. The zero-order chi connectivity index (χ0) is 19.2. The fraction of sp³-hybridized carbons (Fsp3) is 0.300. The van der Waals surface area contributed by atoms with Crippen molar-refractivity contribution in [2.75, 3.05) is 37.0 Å². The highest BCUT2D eigenvalue weighted by atomic mass is 19.1. The highest BCUT2D eigenvalue weighted by molar-refractivity contribution is 6.01. The van der Waals surface area contributed by atoms with Gasteiger partial charge in [-0.1, -0.05) is 24.3 Å². The Hall–Kier alpha value is -2.93. The molecule has 3 amide bonds. The Morgan fingerprint density at radius 1 is 1.15 bits per heavy atom. The predicted octanol–water partition coefficient (Wildman–Crippen LogP) is 3.24. The summed E-state index contributed by atoms with van der Waals surface area (Å²) in [5.41, 5.74) is 2.08. The predicted molar refractivity (Wildman–Crippen MR) is 101 cm³/mol. The molecule has 0 saturated carbocycles. The van der Waals surface area contributed by atoms with E-state index in [1.165, 1.54) is 19.2 Å². The molecule has 7 heteroatoms. The summed E-state index contributed by atoms with van der Waals surface area (Å²) in [5.74, 6) is -0.580. The summed E-state index contributed by atoms with van der Waals surface area (Å²) in [7, 11) is 1.45. The third kappa shape index (κ3) is 4.62. The van der Waals surface area contributed by atoms with E-state index in [1.807, 2.05) is 12.1 Å². The van der Waals surface area contributed by atoms with E-state index in [4.69, 9.17) is 4.74 Å². The lowest BCUT2D eigenvalue weighted by molar-refractivity contribution is -0.119. The van der Waals surface area contributed by atoms with Gasteiger partial charge in [-0.2, -0.15) is 0 Å². The zero-order valence-electron chi connectivity index (χ0n) is 15.2. The van der Waals surface area contributed by atoms with Gasteiger partial charge in [0.2, 0.25) is 5.91 Å². The molecular formula is C20H22FN3O3. The molecule has 1 aliphatic rings. The highest BCUT2D eigenvalue weighted by Crippen LogP contribution is 2.29. The van der Waals surface area contributed by atoms with Gasteiger partial charge in [0, 0.05) is 26.7 Å². The molecule has 0 atom stereocenters. The number of urea groups is 1. The number of anilines is 2. The molecule has 0 radical (unpaired) electrons. The number of amides is 3. The van der Waals surface area contributed by atoms with E-state index in [-0.39, 0.29) is 24.4 Å². The SMILES string of the molecule is COCC(=O)Nc1ccccc1N1CCCN(Cc2ccc(F)cc2)C1=O. The van der Waals surface area contributed by atoms with Gasteiger partial charge in [0.05, 0.1) is 11.4 Å². The molecule has 6 nitrogen and oxygen atoms in total. The van der Waals surface area contributed by atoms with E-state index in [0.29, 0.717) is 31.0 Å². The zero-order valence-corrected chi connectivity index (χ0v) is 15.2. The van der Waals surface area contributed by atoms with Gasteiger partial charge in [-0.15, -0.1) is 0 Å². The summed E-state index contributed by atoms with van der Waals surface area (Å²) in [6.07, 6.45) is 0.799. The molecule has 0 bridgehead atoms. The molecule has 1 N–H and O–H groups in total. The molecule has 0 unspecified atom stereocenters. The second-order valence-electron chi connectivity index (χ2n) is 6.33. The lowest BCUT2D eigenvalue weighted by Gasteiger charge is -2.36. The van der Waals surface area contributed by atoms with Crippen molar-refractivity contribution in [3.8, 4) is 0 Å². The van der Waals surface area contributed by atoms with Crippen LogP contribution in [0.4, 0.5) is 20.6 Å². The topological polar surface area (TPSA) is 61.9 Å². The van der Waals surface area contributed by atoms with Crippen LogP contribution in [0.5, 0.6) is 0 Å². The van der Waals surface area contributed by atoms with Crippen molar-refractivity contribution in [2.24, 2.45) is 0 Å². The Morgan fingerprint density at radius 2 is 1.89 bits per heavy atom. The average Bonchev–Trinajstić information content (AvgIpc) is 2.66. The number of carbonyl (C=O) groups excluding carboxylic acids is 2. The van der Waals surface area contributed by atoms with E-state index in [1.54, 1.807) is 34.1 Å². The number of nitrogens with one attached hydrogen (secondary N) is 1. The molecule has 2 aromatic rings. The summed E-state index contributed by atoms with van der Waals surface area (Å²) in [6, 6.07) is 13.2. The minimum atomic E-state index is -0.300. The number of nitrogens with zero attached hydrogens (tertiary/aromatic N) is 2. The number of rotatable bonds is 6. The first kappa shape index (κ1) is 18.8. The Labute approximate surface area is 157 Å². The first-order valence-electron chi connectivity index (χ1n) is 8.77. The maximum atomic E-state index is 13.1. The van der Waals surface area contributed by atoms with Crippen molar-refractivity contribution < 1.29 is 18.7 Å². The van der Waals surface area contributed by atoms with Gasteiger partial charge in [-0.25, -0.2) is 9.18 Å². The normalized spacial score (nSPS) is 14.4. The largest absolute Gasteiger partial charge is 0.375 e. The average molecular weight is 371 g/mol. The van der Waals surface area contributed by atoms with Crippen molar-refractivity contribution in [1.29, 1.82) is 0 Å². The van der Waals surface area contributed by atoms with Crippen molar-refractivity contribution in [2.45, 2.75) is 13.0 Å². The standard InChI is InChI=1S/C20H22FN3O3/c1-27-14-19(25)22-17-5-2-3-6-18(17)24-12-4-11-23(20(24)26)13-15-7-9-16(21)10-8-15/h2-3,5-10H,4,11-14H2,1H3,(H,22,25). The van der Waals surface area contributed by atoms with Gasteiger partial charge in [0.1, 0.15) is 12.4 Å². The Bertz CT molecular complexity index is 810. The molecule has 0 spiro atoms. The molecule has 27 heavy (non-hydrogen) atoms. The number of hydrogen-bond acceptors (Lipinski definition) is 3. The fourth-order valence-electron chi connectivity index (χ4n) is 3.09. The summed E-state index contributed by atoms with van der Waals surface area (Å²) in [4.78, 5) is 28.3. The molecule has 3 rings (SSSR count). The van der Waals surface area contributed by atoms with Crippen LogP contribution >= 0.6 is 0 Å². The van der Waals surface area contributed by atoms with E-state index in [2.05, 4.69) is 5.32 Å². The van der Waals surface area contributed by atoms with Crippen LogP contribution in [0.1, 0.15) is 12.0 Å². The maximum absolute atomic E-state index is 13.1. The molecule has 0 aliphatic carbocycles. The lowest BCUT2D eigenvalue weighted by atomic mass is 10.1. The summed E-state index contributed by atoms with van der Waals surface area (Å²) < 4.78 is 17.9. The monoisotopic (exact) mass is 371 g/mol. The summed E-state index contributed by atoms with van der Waals surface area (Å²) in [5, 5.41) is 2.78. The van der Waals surface area contributed by atoms with Crippen molar-refractivity contribution in [1.82, 2.24) is 4.90 Å². The minimum Gasteiger partial charge on any atom is -0.375 e. The number of para-hydroxylation sites is 2. The van der Waals surface area contributed by atoms with Crippen molar-refractivity contribution in [3.05, 3.63) is 59.9 Å². The van der Waals surface area contributed by atoms with E-state index >= 15 is 0 Å². The van der Waals surface area contributed by atoms with Crippen molar-refractivity contribution >= 4 is 23.3 Å². The van der Waals surface area contributed by atoms with Gasteiger partial charge < -0.3 is 15.0 Å². The van der Waals surface area contributed by atoms with Gasteiger partial charge in [0.25, 0.3) is 0 Å². The number of methoxy groups -OCH3 is 1. The molecular weight excluding hydrogens is 349 g/mol. The third-order valence-electron chi connectivity index (χ3n) is 4.34. The summed E-state index contributed by atoms with van der Waals surface area (Å²) in [6.45, 7) is 1.55. The fourth-order valence-corrected chi connectivity index (χ4v) is 3.09. The van der Waals surface area contributed by atoms with Crippen LogP contribution in [0, 0.1) is 5.82 Å². The lowest BCUT2D eigenvalue weighted by Crippen LogP contribution is -2.49. The Kier molecular flexibility index (Phi) is 6.03. The molecule has 1 heterocycles. The van der Waals surface area contributed by atoms with Crippen LogP contribution < -0.4 is 10.2 Å². The van der Waals surface area contributed by atoms with Crippen LogP contribution in [0.2, 0.25) is 0 Å². The smallest absolute Gasteiger partial charge is 0.324 e. The Balaban J connectivity index is 1.77. The highest BCUT2D eigenvalue weighted by Gasteiger charge is 2.28. The maximum Gasteiger partial charge on any atom is 0.324 e. The molecule has 1 aliphatic heterocycles. The second kappa shape index (κ2) is 8.64. The van der Waals surface area contributed by atoms with E-state index in [0.717, 1.165) is 12.0 Å². The first-order chi connectivity index (χ1) is 13.1. The summed E-state index contributed by atoms with van der Waals surface area (Å²) >= 11 is 0. The molecule has 142 valence electrons. The minimum absolute atomic E-state index is 0.0566. The number of benzene rings is 2. The third-order valence-corrected chi connectivity index (χ3v) is 4.34. The van der Waals surface area contributed by atoms with E-state index in [9.17, 15) is 14.0 Å². The van der Waals surface area contributed by atoms with Gasteiger partial charge in [0.15, 0.2) is 0 Å². The quantitative estimate of drug-likeness (QED) is 0.848. The Morgan fingerprint density at radius 3 is 2.63 bits per heavy atom. The molecule has 2 aromatic carbocycles. The van der Waals surface area contributed by atoms with Crippen LogP contribution in [0.3, 0.4) is 0 Å². The van der Waals surface area contributed by atoms with Crippen LogP contribution in [-0.4, -0.2) is 43.6 Å². The van der Waals surface area contributed by atoms with Gasteiger partial charge in [-0.3, -0.25) is 9.69 Å². The number of ether oxygens (including phenoxy) is 1. The van der Waals surface area contributed by atoms with Crippen molar-refractivity contribution in [3.63, 3.8) is 0 Å². The van der Waals surface area contributed by atoms with E-state index < -0.39 is 0 Å². The second-order valence-corrected chi connectivity index (χ2v) is 6.33. The molecule has 1 saturated heterocycles. The molecule has 0 aromatic heterocycles. The first-order valence-corrected chi connectivity index (χ1v) is 8.77. The number of carbonyl (C=O) groups is 2. The van der Waals surface area contributed by atoms with Gasteiger partial charge >= 0.3 is 6.03 Å². The molecule has 1 fully saturated rings. The van der Waals surface area contributed by atoms with Gasteiger partial charge in [-0.05, 0) is 36.2 Å². The van der Waals surface area contributed by atoms with Crippen LogP contribution in [-0.2, 0) is 16.1 Å². The van der Waals surface area contributed by atoms with Crippen LogP contribution in [0.15, 0.2) is 48.5 Å². The van der Waals surface area contributed by atoms with Crippen LogP contribution in [0.25, 0.3) is 0 Å². The number of halogens is 1.